The first-order valence-electron chi connectivity index (χ1n) is 10.7. The third kappa shape index (κ3) is 4.71. The van der Waals surface area contributed by atoms with Crippen LogP contribution < -0.4 is 15.4 Å². The van der Waals surface area contributed by atoms with Crippen molar-refractivity contribution < 1.29 is 9.53 Å². The van der Waals surface area contributed by atoms with Gasteiger partial charge in [-0.2, -0.15) is 4.98 Å². The number of nitrogens with zero attached hydrogens (tertiary/aromatic N) is 4. The Morgan fingerprint density at radius 3 is 2.35 bits per heavy atom. The number of ether oxygens (including phenoxy) is 1. The molecule has 0 aliphatic heterocycles. The molecule has 0 fully saturated rings. The summed E-state index contributed by atoms with van der Waals surface area (Å²) in [5, 5.41) is 7.88. The number of urea groups is 1. The third-order valence-corrected chi connectivity index (χ3v) is 5.22. The van der Waals surface area contributed by atoms with Crippen LogP contribution in [0.15, 0.2) is 85.2 Å². The van der Waals surface area contributed by atoms with E-state index in [0.717, 1.165) is 22.3 Å². The molecule has 0 unspecified atom stereocenters. The number of fused-ring (bicyclic) bond motifs is 1. The smallest absolute Gasteiger partial charge is 0.323 e. The average Bonchev–Trinajstić information content (AvgIpc) is 3.26. The minimum atomic E-state index is -0.323. The van der Waals surface area contributed by atoms with E-state index in [-0.39, 0.29) is 6.03 Å². The molecule has 2 heterocycles. The molecule has 0 saturated heterocycles. The van der Waals surface area contributed by atoms with Gasteiger partial charge in [-0.1, -0.05) is 30.3 Å². The molecule has 168 valence electrons. The first-order chi connectivity index (χ1) is 16.5. The van der Waals surface area contributed by atoms with Crippen LogP contribution in [0, 0.1) is 13.8 Å². The fraction of sp³-hybridized carbons (Fsp3) is 0.0769. The summed E-state index contributed by atoms with van der Waals surface area (Å²) in [5.41, 5.74) is 1.36. The molecule has 8 nitrogen and oxygen atoms in total. The molecule has 0 atom stereocenters. The normalized spacial score (nSPS) is 10.8. The van der Waals surface area contributed by atoms with Gasteiger partial charge in [-0.3, -0.25) is 4.57 Å². The average molecular weight is 451 g/mol. The van der Waals surface area contributed by atoms with Gasteiger partial charge in [-0.15, -0.1) is 0 Å². The lowest BCUT2D eigenvalue weighted by Crippen LogP contribution is -2.19. The van der Waals surface area contributed by atoms with E-state index in [4.69, 9.17) is 4.74 Å². The van der Waals surface area contributed by atoms with E-state index in [1.807, 2.05) is 67.1 Å². The zero-order valence-corrected chi connectivity index (χ0v) is 18.7. The van der Waals surface area contributed by atoms with Crippen molar-refractivity contribution in [3.8, 4) is 17.4 Å². The SMILES string of the molecule is Cc1nc(Oc2ccc(NC(=O)Nc3ccc4ccccc4c3)cc2)cc(-n2ccnc2C)n1. The number of benzene rings is 3. The second kappa shape index (κ2) is 9.03. The van der Waals surface area contributed by atoms with Gasteiger partial charge >= 0.3 is 6.03 Å². The summed E-state index contributed by atoms with van der Waals surface area (Å²) < 4.78 is 7.78. The van der Waals surface area contributed by atoms with Gasteiger partial charge < -0.3 is 15.4 Å². The topological polar surface area (TPSA) is 94.0 Å². The monoisotopic (exact) mass is 450 g/mol. The van der Waals surface area contributed by atoms with Crippen LogP contribution in [-0.2, 0) is 0 Å². The molecule has 2 aromatic heterocycles. The van der Waals surface area contributed by atoms with E-state index >= 15 is 0 Å². The number of nitrogens with one attached hydrogen (secondary N) is 2. The molecule has 0 aliphatic carbocycles. The van der Waals surface area contributed by atoms with Crippen molar-refractivity contribution in [3.05, 3.63) is 96.8 Å². The maximum Gasteiger partial charge on any atom is 0.323 e. The van der Waals surface area contributed by atoms with Gasteiger partial charge in [-0.05, 0) is 61.0 Å². The van der Waals surface area contributed by atoms with Gasteiger partial charge in [-0.25, -0.2) is 14.8 Å². The van der Waals surface area contributed by atoms with Crippen LogP contribution in [0.5, 0.6) is 11.6 Å². The van der Waals surface area contributed by atoms with Crippen LogP contribution in [0.1, 0.15) is 11.6 Å². The number of hydrogen-bond donors (Lipinski definition) is 2. The Morgan fingerprint density at radius 1 is 0.853 bits per heavy atom. The second-order valence-corrected chi connectivity index (χ2v) is 7.72. The van der Waals surface area contributed by atoms with Gasteiger partial charge in [0.1, 0.15) is 23.2 Å². The van der Waals surface area contributed by atoms with Gasteiger partial charge in [0.15, 0.2) is 0 Å². The molecule has 2 amide bonds. The van der Waals surface area contributed by atoms with Crippen molar-refractivity contribution in [3.63, 3.8) is 0 Å². The number of aryl methyl sites for hydroxylation is 2. The lowest BCUT2D eigenvalue weighted by molar-refractivity contribution is 0.262. The number of imidazole rings is 1. The van der Waals surface area contributed by atoms with E-state index in [1.165, 1.54) is 0 Å². The molecule has 0 spiro atoms. The number of hydrogen-bond acceptors (Lipinski definition) is 5. The summed E-state index contributed by atoms with van der Waals surface area (Å²) in [6.45, 7) is 3.71. The highest BCUT2D eigenvalue weighted by atomic mass is 16.5. The minimum absolute atomic E-state index is 0.323. The maximum atomic E-state index is 12.4. The largest absolute Gasteiger partial charge is 0.439 e. The van der Waals surface area contributed by atoms with E-state index in [2.05, 4.69) is 25.6 Å². The predicted octanol–water partition coefficient (Wildman–Crippen LogP) is 5.87. The van der Waals surface area contributed by atoms with Gasteiger partial charge in [0.25, 0.3) is 0 Å². The lowest BCUT2D eigenvalue weighted by atomic mass is 10.1. The van der Waals surface area contributed by atoms with Crippen molar-refractivity contribution in [1.29, 1.82) is 0 Å². The number of rotatable bonds is 5. The number of carbonyl (C=O) groups excluding carboxylic acids is 1. The Labute approximate surface area is 196 Å². The highest BCUT2D eigenvalue weighted by Gasteiger charge is 2.09. The molecular weight excluding hydrogens is 428 g/mol. The van der Waals surface area contributed by atoms with Crippen molar-refractivity contribution in [2.24, 2.45) is 0 Å². The van der Waals surface area contributed by atoms with Crippen LogP contribution in [0.25, 0.3) is 16.6 Å². The Hall–Kier alpha value is -4.72. The van der Waals surface area contributed by atoms with Crippen molar-refractivity contribution >= 4 is 28.2 Å². The molecule has 0 aliphatic rings. The molecule has 5 rings (SSSR count). The zero-order valence-electron chi connectivity index (χ0n) is 18.7. The van der Waals surface area contributed by atoms with Crippen LogP contribution >= 0.6 is 0 Å². The van der Waals surface area contributed by atoms with E-state index in [9.17, 15) is 4.79 Å². The van der Waals surface area contributed by atoms with Crippen LogP contribution in [0.3, 0.4) is 0 Å². The predicted molar refractivity (Wildman–Crippen MR) is 132 cm³/mol. The summed E-state index contributed by atoms with van der Waals surface area (Å²) >= 11 is 0. The Morgan fingerprint density at radius 2 is 1.59 bits per heavy atom. The van der Waals surface area contributed by atoms with E-state index < -0.39 is 0 Å². The van der Waals surface area contributed by atoms with Crippen molar-refractivity contribution in [2.75, 3.05) is 10.6 Å². The summed E-state index contributed by atoms with van der Waals surface area (Å²) in [6.07, 6.45) is 3.56. The van der Waals surface area contributed by atoms with Gasteiger partial charge in [0.2, 0.25) is 5.88 Å². The molecule has 8 heteroatoms. The number of carbonyl (C=O) groups is 1. The minimum Gasteiger partial charge on any atom is -0.439 e. The summed E-state index contributed by atoms with van der Waals surface area (Å²) in [4.78, 5) is 25.5. The molecule has 0 saturated carbocycles. The lowest BCUT2D eigenvalue weighted by Gasteiger charge is -2.11. The molecule has 0 bridgehead atoms. The van der Waals surface area contributed by atoms with Crippen molar-refractivity contribution in [2.45, 2.75) is 13.8 Å². The molecule has 5 aromatic rings. The van der Waals surface area contributed by atoms with Crippen molar-refractivity contribution in [1.82, 2.24) is 19.5 Å². The van der Waals surface area contributed by atoms with Crippen LogP contribution in [0.4, 0.5) is 16.2 Å². The quantitative estimate of drug-likeness (QED) is 0.349. The third-order valence-electron chi connectivity index (χ3n) is 5.22. The van der Waals surface area contributed by atoms with Gasteiger partial charge in [0, 0.05) is 29.8 Å². The van der Waals surface area contributed by atoms with E-state index in [1.54, 1.807) is 36.5 Å². The molecule has 34 heavy (non-hydrogen) atoms. The summed E-state index contributed by atoms with van der Waals surface area (Å²) in [5.74, 6) is 3.10. The molecule has 3 aromatic carbocycles. The number of anilines is 2. The first-order valence-corrected chi connectivity index (χ1v) is 10.7. The zero-order chi connectivity index (χ0) is 23.5. The Balaban J connectivity index is 1.24. The standard InChI is InChI=1S/C26H22N6O2/c1-17-28-24(32-14-13-27-18(32)2)16-25(29-17)34-23-11-9-21(10-12-23)30-26(33)31-22-8-7-19-5-3-4-6-20(19)15-22/h3-16H,1-2H3,(H2,30,31,33). The Kier molecular flexibility index (Phi) is 5.61. The molecular formula is C26H22N6O2. The highest BCUT2D eigenvalue weighted by molar-refractivity contribution is 6.01. The van der Waals surface area contributed by atoms with Crippen LogP contribution in [-0.4, -0.2) is 25.6 Å². The van der Waals surface area contributed by atoms with E-state index in [0.29, 0.717) is 29.0 Å². The number of aromatic nitrogens is 4. The fourth-order valence-corrected chi connectivity index (χ4v) is 3.61. The molecule has 0 radical (unpaired) electrons. The fourth-order valence-electron chi connectivity index (χ4n) is 3.61. The first kappa shape index (κ1) is 21.1. The summed E-state index contributed by atoms with van der Waals surface area (Å²) in [6, 6.07) is 22.3. The van der Waals surface area contributed by atoms with Gasteiger partial charge in [0.05, 0.1) is 0 Å². The molecule has 2 N–H and O–H groups in total. The highest BCUT2D eigenvalue weighted by Crippen LogP contribution is 2.24. The number of amides is 2. The summed E-state index contributed by atoms with van der Waals surface area (Å²) in [7, 11) is 0. The Bertz CT molecular complexity index is 1480. The second-order valence-electron chi connectivity index (χ2n) is 7.72. The van der Waals surface area contributed by atoms with Crippen LogP contribution in [0.2, 0.25) is 0 Å². The maximum absolute atomic E-state index is 12.4.